The number of benzene rings is 1. The molecule has 0 aromatic heterocycles. The lowest BCUT2D eigenvalue weighted by atomic mass is 10.2. The number of rotatable bonds is 7. The summed E-state index contributed by atoms with van der Waals surface area (Å²) < 4.78 is 22.5. The van der Waals surface area contributed by atoms with Crippen LogP contribution in [0.1, 0.15) is 26.2 Å². The van der Waals surface area contributed by atoms with Crippen LogP contribution in [-0.4, -0.2) is 26.2 Å². The van der Waals surface area contributed by atoms with Gasteiger partial charge in [0, 0.05) is 17.6 Å². The highest BCUT2D eigenvalue weighted by Crippen LogP contribution is 2.21. The van der Waals surface area contributed by atoms with Gasteiger partial charge in [0.05, 0.1) is 4.90 Å². The molecule has 0 saturated carbocycles. The first-order valence-electron chi connectivity index (χ1n) is 5.82. The number of ketones is 1. The summed E-state index contributed by atoms with van der Waals surface area (Å²) in [4.78, 5) is 12.2. The van der Waals surface area contributed by atoms with Crippen LogP contribution in [0.25, 0.3) is 0 Å². The predicted molar refractivity (Wildman–Crippen MR) is 74.8 cm³/mol. The average molecular weight is 286 g/mol. The van der Waals surface area contributed by atoms with Crippen LogP contribution in [0.3, 0.4) is 0 Å². The molecule has 100 valence electrons. The number of sulfone groups is 1. The fraction of sp³-hybridized carbons (Fsp3) is 0.462. The van der Waals surface area contributed by atoms with Gasteiger partial charge in [0.25, 0.3) is 0 Å². The van der Waals surface area contributed by atoms with Gasteiger partial charge in [-0.05, 0) is 49.8 Å². The molecule has 0 radical (unpaired) electrons. The van der Waals surface area contributed by atoms with Crippen molar-refractivity contribution in [3.63, 3.8) is 0 Å². The van der Waals surface area contributed by atoms with Crippen LogP contribution >= 0.6 is 11.8 Å². The molecule has 0 bridgehead atoms. The van der Waals surface area contributed by atoms with E-state index in [1.807, 2.05) is 12.1 Å². The third-order valence-corrected chi connectivity index (χ3v) is 4.67. The Kier molecular flexibility index (Phi) is 5.88. The van der Waals surface area contributed by atoms with Crippen molar-refractivity contribution in [2.24, 2.45) is 0 Å². The second-order valence-corrected chi connectivity index (χ2v) is 7.44. The molecule has 0 aliphatic heterocycles. The first-order chi connectivity index (χ1) is 8.39. The third kappa shape index (κ3) is 5.69. The van der Waals surface area contributed by atoms with E-state index in [2.05, 4.69) is 0 Å². The summed E-state index contributed by atoms with van der Waals surface area (Å²) >= 11 is 1.69. The van der Waals surface area contributed by atoms with E-state index in [4.69, 9.17) is 0 Å². The van der Waals surface area contributed by atoms with Crippen molar-refractivity contribution in [2.45, 2.75) is 36.0 Å². The molecule has 0 saturated heterocycles. The zero-order valence-electron chi connectivity index (χ0n) is 10.7. The number of hydrogen-bond acceptors (Lipinski definition) is 4. The van der Waals surface area contributed by atoms with Crippen LogP contribution in [-0.2, 0) is 14.6 Å². The van der Waals surface area contributed by atoms with Gasteiger partial charge < -0.3 is 4.79 Å². The molecular weight excluding hydrogens is 268 g/mol. The zero-order chi connectivity index (χ0) is 13.6. The van der Waals surface area contributed by atoms with Gasteiger partial charge in [0.2, 0.25) is 0 Å². The monoisotopic (exact) mass is 286 g/mol. The largest absolute Gasteiger partial charge is 0.300 e. The summed E-state index contributed by atoms with van der Waals surface area (Å²) in [5.41, 5.74) is 0. The molecule has 0 aliphatic rings. The number of Topliss-reactive ketones (excluding diaryl/α,β-unsaturated/α-hetero) is 1. The summed E-state index contributed by atoms with van der Waals surface area (Å²) in [6.45, 7) is 1.61. The van der Waals surface area contributed by atoms with Gasteiger partial charge in [-0.2, -0.15) is 0 Å². The Morgan fingerprint density at radius 1 is 1.17 bits per heavy atom. The van der Waals surface area contributed by atoms with E-state index in [0.717, 1.165) is 23.5 Å². The fourth-order valence-corrected chi connectivity index (χ4v) is 2.99. The second kappa shape index (κ2) is 6.95. The highest BCUT2D eigenvalue weighted by atomic mass is 32.2. The SMILES string of the molecule is CC(=O)CCCCSc1ccc(S(C)(=O)=O)cc1. The molecule has 1 aromatic rings. The predicted octanol–water partition coefficient (Wildman–Crippen LogP) is 2.94. The summed E-state index contributed by atoms with van der Waals surface area (Å²) in [5, 5.41) is 0. The number of carbonyl (C=O) groups excluding carboxylic acids is 1. The van der Waals surface area contributed by atoms with Gasteiger partial charge >= 0.3 is 0 Å². The van der Waals surface area contributed by atoms with Gasteiger partial charge in [0.15, 0.2) is 9.84 Å². The minimum absolute atomic E-state index is 0.234. The Hall–Kier alpha value is -0.810. The number of thioether (sulfide) groups is 1. The number of carbonyl (C=O) groups is 1. The van der Waals surface area contributed by atoms with Gasteiger partial charge in [-0.15, -0.1) is 11.8 Å². The van der Waals surface area contributed by atoms with E-state index in [1.165, 1.54) is 6.26 Å². The van der Waals surface area contributed by atoms with Crippen LogP contribution in [0, 0.1) is 0 Å². The van der Waals surface area contributed by atoms with Crippen molar-refractivity contribution >= 4 is 27.4 Å². The maximum absolute atomic E-state index is 11.3. The van der Waals surface area contributed by atoms with Crippen molar-refractivity contribution in [3.05, 3.63) is 24.3 Å². The Morgan fingerprint density at radius 2 is 1.78 bits per heavy atom. The second-order valence-electron chi connectivity index (χ2n) is 4.25. The van der Waals surface area contributed by atoms with E-state index in [0.29, 0.717) is 11.3 Å². The maximum Gasteiger partial charge on any atom is 0.175 e. The van der Waals surface area contributed by atoms with E-state index >= 15 is 0 Å². The van der Waals surface area contributed by atoms with Crippen molar-refractivity contribution in [1.82, 2.24) is 0 Å². The quantitative estimate of drug-likeness (QED) is 0.571. The standard InChI is InChI=1S/C13H18O3S2/c1-11(14)5-3-4-10-17-12-6-8-13(9-7-12)18(2,15)16/h6-9H,3-5,10H2,1-2H3. The highest BCUT2D eigenvalue weighted by Gasteiger charge is 2.06. The van der Waals surface area contributed by atoms with E-state index in [1.54, 1.807) is 30.8 Å². The molecule has 0 unspecified atom stereocenters. The smallest absolute Gasteiger partial charge is 0.175 e. The van der Waals surface area contributed by atoms with E-state index in [9.17, 15) is 13.2 Å². The van der Waals surface area contributed by atoms with E-state index < -0.39 is 9.84 Å². The minimum Gasteiger partial charge on any atom is -0.300 e. The Balaban J connectivity index is 2.38. The minimum atomic E-state index is -3.10. The Labute approximate surface area is 113 Å². The molecule has 0 heterocycles. The van der Waals surface area contributed by atoms with E-state index in [-0.39, 0.29) is 5.78 Å². The number of unbranched alkanes of at least 4 members (excludes halogenated alkanes) is 1. The molecule has 18 heavy (non-hydrogen) atoms. The summed E-state index contributed by atoms with van der Waals surface area (Å²) in [7, 11) is -3.10. The van der Waals surface area contributed by atoms with Crippen LogP contribution < -0.4 is 0 Å². The zero-order valence-corrected chi connectivity index (χ0v) is 12.3. The van der Waals surface area contributed by atoms with Crippen molar-refractivity contribution in [2.75, 3.05) is 12.0 Å². The lowest BCUT2D eigenvalue weighted by Crippen LogP contribution is -1.96. The number of hydrogen-bond donors (Lipinski definition) is 0. The van der Waals surface area contributed by atoms with Crippen molar-refractivity contribution in [1.29, 1.82) is 0 Å². The normalized spacial score (nSPS) is 11.4. The lowest BCUT2D eigenvalue weighted by Gasteiger charge is -2.03. The molecule has 0 spiro atoms. The van der Waals surface area contributed by atoms with Crippen LogP contribution in [0.2, 0.25) is 0 Å². The molecular formula is C13H18O3S2. The van der Waals surface area contributed by atoms with Crippen molar-refractivity contribution in [3.8, 4) is 0 Å². The van der Waals surface area contributed by atoms with Gasteiger partial charge in [0.1, 0.15) is 5.78 Å². The molecule has 0 fully saturated rings. The first-order valence-corrected chi connectivity index (χ1v) is 8.69. The van der Waals surface area contributed by atoms with Crippen molar-refractivity contribution < 1.29 is 13.2 Å². The molecule has 1 rings (SSSR count). The van der Waals surface area contributed by atoms with Crippen LogP contribution in [0.4, 0.5) is 0 Å². The highest BCUT2D eigenvalue weighted by molar-refractivity contribution is 7.99. The molecule has 3 nitrogen and oxygen atoms in total. The molecule has 5 heteroatoms. The molecule has 1 aromatic carbocycles. The molecule has 0 amide bonds. The third-order valence-electron chi connectivity index (χ3n) is 2.44. The fourth-order valence-electron chi connectivity index (χ4n) is 1.45. The molecule has 0 N–H and O–H groups in total. The Morgan fingerprint density at radius 3 is 2.28 bits per heavy atom. The first kappa shape index (κ1) is 15.2. The Bertz CT molecular complexity index is 489. The summed E-state index contributed by atoms with van der Waals surface area (Å²) in [5.74, 6) is 1.18. The van der Waals surface area contributed by atoms with Gasteiger partial charge in [-0.3, -0.25) is 0 Å². The summed E-state index contributed by atoms with van der Waals surface area (Å²) in [6, 6.07) is 6.92. The average Bonchev–Trinajstić information content (AvgIpc) is 2.27. The molecule has 0 atom stereocenters. The van der Waals surface area contributed by atoms with Crippen LogP contribution in [0.5, 0.6) is 0 Å². The molecule has 0 aliphatic carbocycles. The topological polar surface area (TPSA) is 51.2 Å². The van der Waals surface area contributed by atoms with Gasteiger partial charge in [-0.25, -0.2) is 8.42 Å². The van der Waals surface area contributed by atoms with Crippen LogP contribution in [0.15, 0.2) is 34.1 Å². The summed E-state index contributed by atoms with van der Waals surface area (Å²) in [6.07, 6.45) is 3.77. The maximum atomic E-state index is 11.3. The van der Waals surface area contributed by atoms with Gasteiger partial charge in [-0.1, -0.05) is 0 Å². The lowest BCUT2D eigenvalue weighted by molar-refractivity contribution is -0.117.